The largest absolute Gasteiger partial charge is 0.366 e. The third-order valence-corrected chi connectivity index (χ3v) is 3.46. The summed E-state index contributed by atoms with van der Waals surface area (Å²) >= 11 is 0. The Morgan fingerprint density at radius 3 is 2.68 bits per heavy atom. The van der Waals surface area contributed by atoms with Gasteiger partial charge in [0.05, 0.1) is 23.9 Å². The van der Waals surface area contributed by atoms with Crippen LogP contribution in [0.4, 0.5) is 21.6 Å². The number of hydrogen-bond donors (Lipinski definition) is 0. The van der Waals surface area contributed by atoms with Gasteiger partial charge in [-0.15, -0.1) is 0 Å². The summed E-state index contributed by atoms with van der Waals surface area (Å²) in [5.41, 5.74) is 2.20. The topological polar surface area (TPSA) is 44.6 Å². The van der Waals surface area contributed by atoms with Gasteiger partial charge in [-0.1, -0.05) is 0 Å². The molecule has 0 atom stereocenters. The van der Waals surface area contributed by atoms with Gasteiger partial charge in [0.25, 0.3) is 0 Å². The van der Waals surface area contributed by atoms with E-state index in [1.807, 2.05) is 32.8 Å². The smallest absolute Gasteiger partial charge is 0.151 e. The van der Waals surface area contributed by atoms with Crippen molar-refractivity contribution in [1.82, 2.24) is 14.9 Å². The SMILES string of the molecule is CCN(C)/C=N/c1cc(F)cc(N(C)c2cnccn2)c1C. The van der Waals surface area contributed by atoms with Gasteiger partial charge in [-0.2, -0.15) is 0 Å². The highest BCUT2D eigenvalue weighted by atomic mass is 19.1. The van der Waals surface area contributed by atoms with E-state index in [-0.39, 0.29) is 5.82 Å². The number of aliphatic imine (C=N–C) groups is 1. The van der Waals surface area contributed by atoms with Crippen molar-refractivity contribution in [1.29, 1.82) is 0 Å². The summed E-state index contributed by atoms with van der Waals surface area (Å²) in [5, 5.41) is 0. The molecule has 0 radical (unpaired) electrons. The van der Waals surface area contributed by atoms with Crippen molar-refractivity contribution in [2.24, 2.45) is 4.99 Å². The Kier molecular flexibility index (Phi) is 5.04. The lowest BCUT2D eigenvalue weighted by Crippen LogP contribution is -2.15. The summed E-state index contributed by atoms with van der Waals surface area (Å²) in [5.74, 6) is 0.319. The van der Waals surface area contributed by atoms with E-state index in [0.717, 1.165) is 12.1 Å². The summed E-state index contributed by atoms with van der Waals surface area (Å²) in [7, 11) is 3.75. The van der Waals surface area contributed by atoms with E-state index in [0.29, 0.717) is 17.2 Å². The van der Waals surface area contributed by atoms with Crippen LogP contribution in [0.15, 0.2) is 35.7 Å². The maximum absolute atomic E-state index is 13.9. The van der Waals surface area contributed by atoms with Crippen LogP contribution in [-0.4, -0.2) is 41.8 Å². The van der Waals surface area contributed by atoms with Gasteiger partial charge in [0.1, 0.15) is 5.82 Å². The Bertz CT molecular complexity index is 657. The van der Waals surface area contributed by atoms with Crippen molar-refractivity contribution in [2.75, 3.05) is 25.5 Å². The third kappa shape index (κ3) is 3.58. The van der Waals surface area contributed by atoms with E-state index >= 15 is 0 Å². The van der Waals surface area contributed by atoms with E-state index in [4.69, 9.17) is 0 Å². The number of halogens is 1. The first kappa shape index (κ1) is 15.9. The zero-order valence-electron chi connectivity index (χ0n) is 13.3. The first-order valence-electron chi connectivity index (χ1n) is 7.07. The number of anilines is 2. The normalized spacial score (nSPS) is 11.0. The molecule has 0 unspecified atom stereocenters. The van der Waals surface area contributed by atoms with Crippen molar-refractivity contribution in [3.8, 4) is 0 Å². The highest BCUT2D eigenvalue weighted by Gasteiger charge is 2.13. The third-order valence-electron chi connectivity index (χ3n) is 3.46. The molecule has 22 heavy (non-hydrogen) atoms. The molecule has 2 rings (SSSR count). The van der Waals surface area contributed by atoms with Gasteiger partial charge in [0.2, 0.25) is 0 Å². The monoisotopic (exact) mass is 301 g/mol. The Hall–Kier alpha value is -2.50. The zero-order chi connectivity index (χ0) is 16.1. The van der Waals surface area contributed by atoms with Crippen LogP contribution in [-0.2, 0) is 0 Å². The minimum Gasteiger partial charge on any atom is -0.366 e. The number of hydrogen-bond acceptors (Lipinski definition) is 4. The average molecular weight is 301 g/mol. The summed E-state index contributed by atoms with van der Waals surface area (Å²) in [6.07, 6.45) is 6.55. The summed E-state index contributed by atoms with van der Waals surface area (Å²) < 4.78 is 13.9. The Labute approximate surface area is 130 Å². The fourth-order valence-electron chi connectivity index (χ4n) is 1.96. The van der Waals surface area contributed by atoms with E-state index in [1.54, 1.807) is 29.8 Å². The second kappa shape index (κ2) is 6.98. The first-order valence-corrected chi connectivity index (χ1v) is 7.07. The van der Waals surface area contributed by atoms with Crippen molar-refractivity contribution >= 4 is 23.5 Å². The van der Waals surface area contributed by atoms with Crippen LogP contribution >= 0.6 is 0 Å². The van der Waals surface area contributed by atoms with Crippen LogP contribution in [0.1, 0.15) is 12.5 Å². The maximum Gasteiger partial charge on any atom is 0.151 e. The average Bonchev–Trinajstić information content (AvgIpc) is 2.55. The second-order valence-corrected chi connectivity index (χ2v) is 5.01. The molecule has 2 aromatic rings. The van der Waals surface area contributed by atoms with Crippen molar-refractivity contribution in [3.63, 3.8) is 0 Å². The molecule has 0 saturated heterocycles. The Balaban J connectivity index is 2.40. The second-order valence-electron chi connectivity index (χ2n) is 5.01. The van der Waals surface area contributed by atoms with Crippen molar-refractivity contribution < 1.29 is 4.39 Å². The number of nitrogens with zero attached hydrogens (tertiary/aromatic N) is 5. The molecule has 0 N–H and O–H groups in total. The molecule has 5 nitrogen and oxygen atoms in total. The molecule has 6 heteroatoms. The highest BCUT2D eigenvalue weighted by molar-refractivity contribution is 5.72. The molecule has 0 amide bonds. The molecular weight excluding hydrogens is 281 g/mol. The van der Waals surface area contributed by atoms with Crippen molar-refractivity contribution in [3.05, 3.63) is 42.1 Å². The molecule has 0 saturated carbocycles. The minimum atomic E-state index is -0.331. The van der Waals surface area contributed by atoms with E-state index in [1.165, 1.54) is 12.1 Å². The molecule has 0 aliphatic heterocycles. The van der Waals surface area contributed by atoms with Gasteiger partial charge in [-0.05, 0) is 31.5 Å². The fourth-order valence-corrected chi connectivity index (χ4v) is 1.96. The molecule has 1 aromatic carbocycles. The number of aromatic nitrogens is 2. The molecule has 0 aliphatic rings. The van der Waals surface area contributed by atoms with Crippen LogP contribution in [0.3, 0.4) is 0 Å². The standard InChI is InChI=1S/C16H20FN5/c1-5-21(3)11-20-14-8-13(17)9-15(12(14)2)22(4)16-10-18-6-7-19-16/h6-11H,5H2,1-4H3/b20-11+. The highest BCUT2D eigenvalue weighted by Crippen LogP contribution is 2.32. The predicted molar refractivity (Wildman–Crippen MR) is 87.7 cm³/mol. The molecule has 0 aliphatic carbocycles. The van der Waals surface area contributed by atoms with Gasteiger partial charge >= 0.3 is 0 Å². The lowest BCUT2D eigenvalue weighted by atomic mass is 10.1. The lowest BCUT2D eigenvalue weighted by Gasteiger charge is -2.21. The van der Waals surface area contributed by atoms with Gasteiger partial charge in [0.15, 0.2) is 5.82 Å². The zero-order valence-corrected chi connectivity index (χ0v) is 13.3. The van der Waals surface area contributed by atoms with E-state index in [9.17, 15) is 4.39 Å². The van der Waals surface area contributed by atoms with Gasteiger partial charge < -0.3 is 9.80 Å². The van der Waals surface area contributed by atoms with Crippen molar-refractivity contribution in [2.45, 2.75) is 13.8 Å². The van der Waals surface area contributed by atoms with Gasteiger partial charge in [-0.3, -0.25) is 4.98 Å². The summed E-state index contributed by atoms with van der Waals surface area (Å²) in [6, 6.07) is 2.91. The Morgan fingerprint density at radius 1 is 1.27 bits per heavy atom. The molecular formula is C16H20FN5. The number of rotatable bonds is 5. The lowest BCUT2D eigenvalue weighted by molar-refractivity contribution is 0.552. The molecule has 0 spiro atoms. The Morgan fingerprint density at radius 2 is 2.05 bits per heavy atom. The first-order chi connectivity index (χ1) is 10.5. The molecule has 1 heterocycles. The van der Waals surface area contributed by atoms with Gasteiger partial charge in [-0.25, -0.2) is 14.4 Å². The number of benzene rings is 1. The summed E-state index contributed by atoms with van der Waals surface area (Å²) in [6.45, 7) is 4.78. The van der Waals surface area contributed by atoms with Crippen LogP contribution in [0.2, 0.25) is 0 Å². The van der Waals surface area contributed by atoms with Crippen LogP contribution in [0, 0.1) is 12.7 Å². The molecule has 0 fully saturated rings. The van der Waals surface area contributed by atoms with E-state index in [2.05, 4.69) is 15.0 Å². The van der Waals surface area contributed by atoms with Crippen LogP contribution < -0.4 is 4.90 Å². The van der Waals surface area contributed by atoms with Crippen LogP contribution in [0.25, 0.3) is 0 Å². The molecule has 1 aromatic heterocycles. The summed E-state index contributed by atoms with van der Waals surface area (Å²) in [4.78, 5) is 16.4. The van der Waals surface area contributed by atoms with Crippen LogP contribution in [0.5, 0.6) is 0 Å². The molecule has 116 valence electrons. The minimum absolute atomic E-state index is 0.331. The predicted octanol–water partition coefficient (Wildman–Crippen LogP) is 3.30. The van der Waals surface area contributed by atoms with Gasteiger partial charge in [0, 0.05) is 33.0 Å². The quantitative estimate of drug-likeness (QED) is 0.628. The van der Waals surface area contributed by atoms with E-state index < -0.39 is 0 Å². The maximum atomic E-state index is 13.9. The molecule has 0 bridgehead atoms. The fraction of sp³-hybridized carbons (Fsp3) is 0.312.